The second-order valence-electron chi connectivity index (χ2n) is 9.27. The molecule has 0 spiro atoms. The van der Waals surface area contributed by atoms with Gasteiger partial charge in [-0.15, -0.1) is 0 Å². The molecule has 3 aromatic carbocycles. The Morgan fingerprint density at radius 3 is 2.03 bits per heavy atom. The SMILES string of the molecule is CCOC(=O)c1ccccc1N1C(=O)C2C3c4ccccc4C(C(C)=O)(c4ccccc43)C2C1=O. The van der Waals surface area contributed by atoms with E-state index in [2.05, 4.69) is 0 Å². The van der Waals surface area contributed by atoms with Gasteiger partial charge in [-0.05, 0) is 48.2 Å². The molecule has 0 radical (unpaired) electrons. The normalized spacial score (nSPS) is 25.7. The first-order valence-corrected chi connectivity index (χ1v) is 11.8. The lowest BCUT2D eigenvalue weighted by Gasteiger charge is -2.52. The van der Waals surface area contributed by atoms with Crippen LogP contribution >= 0.6 is 0 Å². The van der Waals surface area contributed by atoms with Crippen LogP contribution in [0.3, 0.4) is 0 Å². The van der Waals surface area contributed by atoms with Gasteiger partial charge in [0.2, 0.25) is 11.8 Å². The van der Waals surface area contributed by atoms with Crippen molar-refractivity contribution in [2.45, 2.75) is 25.2 Å². The van der Waals surface area contributed by atoms with Crippen molar-refractivity contribution in [1.82, 2.24) is 0 Å². The van der Waals surface area contributed by atoms with Gasteiger partial charge >= 0.3 is 5.97 Å². The minimum Gasteiger partial charge on any atom is -0.462 e. The molecule has 174 valence electrons. The number of Topliss-reactive ketones (excluding diaryl/α,β-unsaturated/α-hetero) is 1. The molecule has 7 rings (SSSR count). The highest BCUT2D eigenvalue weighted by atomic mass is 16.5. The molecule has 0 N–H and O–H groups in total. The van der Waals surface area contributed by atoms with Crippen LogP contribution in [0.1, 0.15) is 52.4 Å². The van der Waals surface area contributed by atoms with E-state index in [1.807, 2.05) is 48.5 Å². The number of carbonyl (C=O) groups is 4. The average Bonchev–Trinajstić information content (AvgIpc) is 3.14. The van der Waals surface area contributed by atoms with Crippen molar-refractivity contribution in [1.29, 1.82) is 0 Å². The zero-order chi connectivity index (χ0) is 24.5. The van der Waals surface area contributed by atoms with Crippen LogP contribution in [0.15, 0.2) is 72.8 Å². The highest BCUT2D eigenvalue weighted by Crippen LogP contribution is 2.64. The summed E-state index contributed by atoms with van der Waals surface area (Å²) in [6, 6.07) is 21.8. The van der Waals surface area contributed by atoms with Gasteiger partial charge in [0.1, 0.15) is 5.78 Å². The fourth-order valence-electron chi connectivity index (χ4n) is 6.66. The summed E-state index contributed by atoms with van der Waals surface area (Å²) >= 11 is 0. The maximum absolute atomic E-state index is 14.2. The lowest BCUT2D eigenvalue weighted by molar-refractivity contribution is -0.132. The molecule has 35 heavy (non-hydrogen) atoms. The number of esters is 1. The van der Waals surface area contributed by atoms with Crippen molar-refractivity contribution in [3.8, 4) is 0 Å². The number of amides is 2. The molecule has 2 unspecified atom stereocenters. The third-order valence-electron chi connectivity index (χ3n) is 7.81. The molecular weight excluding hydrogens is 442 g/mol. The Hall–Kier alpha value is -4.06. The van der Waals surface area contributed by atoms with Crippen LogP contribution in [0, 0.1) is 11.8 Å². The fraction of sp³-hybridized carbons (Fsp3) is 0.241. The third-order valence-corrected chi connectivity index (χ3v) is 7.81. The number of rotatable bonds is 4. The lowest BCUT2D eigenvalue weighted by Crippen LogP contribution is -2.57. The highest BCUT2D eigenvalue weighted by Gasteiger charge is 2.70. The second-order valence-corrected chi connectivity index (χ2v) is 9.27. The minimum absolute atomic E-state index is 0.147. The van der Waals surface area contributed by atoms with Gasteiger partial charge in [-0.2, -0.15) is 0 Å². The quantitative estimate of drug-likeness (QED) is 0.430. The van der Waals surface area contributed by atoms with Gasteiger partial charge in [-0.25, -0.2) is 9.69 Å². The van der Waals surface area contributed by atoms with Gasteiger partial charge in [-0.3, -0.25) is 14.4 Å². The summed E-state index contributed by atoms with van der Waals surface area (Å²) < 4.78 is 5.19. The van der Waals surface area contributed by atoms with Gasteiger partial charge in [0.15, 0.2) is 0 Å². The van der Waals surface area contributed by atoms with Crippen molar-refractivity contribution in [3.05, 3.63) is 101 Å². The monoisotopic (exact) mass is 465 g/mol. The first-order chi connectivity index (χ1) is 16.9. The predicted molar refractivity (Wildman–Crippen MR) is 128 cm³/mol. The third kappa shape index (κ3) is 2.54. The first-order valence-electron chi connectivity index (χ1n) is 11.8. The molecule has 0 aromatic heterocycles. The van der Waals surface area contributed by atoms with E-state index in [9.17, 15) is 19.2 Å². The van der Waals surface area contributed by atoms with Crippen LogP contribution in [-0.4, -0.2) is 30.2 Å². The number of ether oxygens (including phenoxy) is 1. The minimum atomic E-state index is -1.27. The zero-order valence-corrected chi connectivity index (χ0v) is 19.4. The van der Waals surface area contributed by atoms with Gasteiger partial charge in [0.05, 0.1) is 35.1 Å². The summed E-state index contributed by atoms with van der Waals surface area (Å²) in [5, 5.41) is 0. The number of para-hydroxylation sites is 1. The summed E-state index contributed by atoms with van der Waals surface area (Å²) in [5.41, 5.74) is 2.47. The van der Waals surface area contributed by atoms with E-state index >= 15 is 0 Å². The molecule has 1 fully saturated rings. The molecule has 1 aliphatic heterocycles. The Morgan fingerprint density at radius 1 is 0.857 bits per heavy atom. The van der Waals surface area contributed by atoms with Crippen LogP contribution in [0.25, 0.3) is 0 Å². The summed E-state index contributed by atoms with van der Waals surface area (Å²) in [7, 11) is 0. The summed E-state index contributed by atoms with van der Waals surface area (Å²) in [6.45, 7) is 3.37. The van der Waals surface area contributed by atoms with E-state index in [0.717, 1.165) is 27.2 Å². The molecule has 6 nitrogen and oxygen atoms in total. The van der Waals surface area contributed by atoms with Gasteiger partial charge in [0, 0.05) is 5.92 Å². The van der Waals surface area contributed by atoms with Crippen molar-refractivity contribution in [2.75, 3.05) is 11.5 Å². The summed E-state index contributed by atoms with van der Waals surface area (Å²) in [5.74, 6) is -3.62. The molecule has 2 atom stereocenters. The Bertz CT molecular complexity index is 1390. The lowest BCUT2D eigenvalue weighted by atomic mass is 9.46. The Balaban J connectivity index is 1.62. The second kappa shape index (κ2) is 7.47. The van der Waals surface area contributed by atoms with E-state index in [-0.39, 0.29) is 29.6 Å². The van der Waals surface area contributed by atoms with Gasteiger partial charge in [0.25, 0.3) is 0 Å². The first kappa shape index (κ1) is 21.5. The summed E-state index contributed by atoms with van der Waals surface area (Å²) in [4.78, 5) is 55.8. The molecule has 1 saturated heterocycles. The number of hydrogen-bond acceptors (Lipinski definition) is 5. The Labute approximate surface area is 202 Å². The number of carbonyl (C=O) groups excluding carboxylic acids is 4. The molecule has 3 aromatic rings. The fourth-order valence-corrected chi connectivity index (χ4v) is 6.66. The molecular formula is C29H23NO5. The number of anilines is 1. The zero-order valence-electron chi connectivity index (χ0n) is 19.4. The van der Waals surface area contributed by atoms with E-state index < -0.39 is 35.0 Å². The molecule has 2 amide bonds. The number of nitrogens with zero attached hydrogens (tertiary/aromatic N) is 1. The Morgan fingerprint density at radius 2 is 1.43 bits per heavy atom. The van der Waals surface area contributed by atoms with Crippen molar-refractivity contribution in [3.63, 3.8) is 0 Å². The highest BCUT2D eigenvalue weighted by molar-refractivity contribution is 6.27. The molecule has 1 heterocycles. The number of hydrogen-bond donors (Lipinski definition) is 0. The van der Waals surface area contributed by atoms with Crippen molar-refractivity contribution in [2.24, 2.45) is 11.8 Å². The van der Waals surface area contributed by atoms with E-state index in [0.29, 0.717) is 0 Å². The topological polar surface area (TPSA) is 80.8 Å². The largest absolute Gasteiger partial charge is 0.462 e. The van der Waals surface area contributed by atoms with Crippen LogP contribution in [0.5, 0.6) is 0 Å². The van der Waals surface area contributed by atoms with E-state index in [1.165, 1.54) is 6.92 Å². The Kier molecular flexibility index (Phi) is 4.58. The number of ketones is 1. The van der Waals surface area contributed by atoms with Gasteiger partial charge < -0.3 is 4.74 Å². The van der Waals surface area contributed by atoms with Crippen LogP contribution in [-0.2, 0) is 24.5 Å². The van der Waals surface area contributed by atoms with Crippen LogP contribution in [0.4, 0.5) is 5.69 Å². The van der Waals surface area contributed by atoms with Crippen LogP contribution in [0.2, 0.25) is 0 Å². The van der Waals surface area contributed by atoms with Crippen molar-refractivity contribution < 1.29 is 23.9 Å². The van der Waals surface area contributed by atoms with E-state index in [1.54, 1.807) is 31.2 Å². The standard InChI is InChI=1S/C29H23NO5/c1-3-35-28(34)19-12-6-9-15-22(19)30-26(32)24-23-17-10-4-7-13-20(17)29(16(2)31,25(24)27(30)33)21-14-8-5-11-18(21)23/h4-15,23-25H,3H2,1-2H3. The average molecular weight is 466 g/mol. The maximum Gasteiger partial charge on any atom is 0.340 e. The van der Waals surface area contributed by atoms with Crippen molar-refractivity contribution >= 4 is 29.3 Å². The molecule has 6 heteroatoms. The molecule has 2 bridgehead atoms. The molecule has 4 aliphatic rings. The summed E-state index contributed by atoms with van der Waals surface area (Å²) in [6.07, 6.45) is 0. The number of imide groups is 1. The van der Waals surface area contributed by atoms with Gasteiger partial charge in [-0.1, -0.05) is 60.7 Å². The van der Waals surface area contributed by atoms with E-state index in [4.69, 9.17) is 4.74 Å². The number of benzene rings is 3. The maximum atomic E-state index is 14.2. The predicted octanol–water partition coefficient (Wildman–Crippen LogP) is 4.00. The smallest absolute Gasteiger partial charge is 0.340 e. The van der Waals surface area contributed by atoms with Crippen LogP contribution < -0.4 is 4.90 Å². The molecule has 0 saturated carbocycles. The molecule has 3 aliphatic carbocycles.